The number of benzene rings is 2. The van der Waals surface area contributed by atoms with Gasteiger partial charge in [-0.2, -0.15) is 0 Å². The summed E-state index contributed by atoms with van der Waals surface area (Å²) < 4.78 is 5.97. The first-order valence-corrected chi connectivity index (χ1v) is 7.06. The van der Waals surface area contributed by atoms with Crippen LogP contribution in [0.25, 0.3) is 10.9 Å². The van der Waals surface area contributed by atoms with Gasteiger partial charge < -0.3 is 10.5 Å². The standard InChI is InChI=1S/C18H18N2O/c1-13(18(19)15-6-3-2-4-7-15)21-16-10-9-14-8-5-11-20-17(14)12-16/h2-13,18H,19H2,1H3. The lowest BCUT2D eigenvalue weighted by Crippen LogP contribution is -2.28. The van der Waals surface area contributed by atoms with E-state index in [1.807, 2.05) is 67.6 Å². The molecule has 0 spiro atoms. The third-order valence-electron chi connectivity index (χ3n) is 3.59. The summed E-state index contributed by atoms with van der Waals surface area (Å²) in [6, 6.07) is 19.7. The molecule has 0 saturated carbocycles. The molecule has 2 aromatic carbocycles. The Morgan fingerprint density at radius 3 is 2.62 bits per heavy atom. The van der Waals surface area contributed by atoms with E-state index in [4.69, 9.17) is 10.5 Å². The van der Waals surface area contributed by atoms with Crippen molar-refractivity contribution in [3.8, 4) is 5.75 Å². The van der Waals surface area contributed by atoms with Crippen molar-refractivity contribution < 1.29 is 4.74 Å². The van der Waals surface area contributed by atoms with Crippen LogP contribution in [0.2, 0.25) is 0 Å². The SMILES string of the molecule is CC(Oc1ccc2cccnc2c1)C(N)c1ccccc1. The van der Waals surface area contributed by atoms with Gasteiger partial charge in [0, 0.05) is 17.6 Å². The zero-order valence-electron chi connectivity index (χ0n) is 11.9. The van der Waals surface area contributed by atoms with Crippen LogP contribution in [0.4, 0.5) is 0 Å². The van der Waals surface area contributed by atoms with Gasteiger partial charge in [-0.1, -0.05) is 36.4 Å². The lowest BCUT2D eigenvalue weighted by atomic mass is 10.0. The van der Waals surface area contributed by atoms with Gasteiger partial charge in [0.25, 0.3) is 0 Å². The first-order chi connectivity index (χ1) is 10.2. The topological polar surface area (TPSA) is 48.1 Å². The van der Waals surface area contributed by atoms with E-state index >= 15 is 0 Å². The van der Waals surface area contributed by atoms with Crippen molar-refractivity contribution in [2.24, 2.45) is 5.73 Å². The molecule has 3 nitrogen and oxygen atoms in total. The average molecular weight is 278 g/mol. The molecule has 0 aliphatic rings. The Labute approximate surface area is 124 Å². The predicted octanol–water partition coefficient (Wildman–Crippen LogP) is 3.70. The summed E-state index contributed by atoms with van der Waals surface area (Å²) in [7, 11) is 0. The van der Waals surface area contributed by atoms with Crippen molar-refractivity contribution in [3.63, 3.8) is 0 Å². The molecular formula is C18H18N2O. The minimum Gasteiger partial charge on any atom is -0.489 e. The highest BCUT2D eigenvalue weighted by Crippen LogP contribution is 2.23. The molecule has 0 aliphatic heterocycles. The molecule has 2 N–H and O–H groups in total. The third-order valence-corrected chi connectivity index (χ3v) is 3.59. The number of aromatic nitrogens is 1. The summed E-state index contributed by atoms with van der Waals surface area (Å²) in [6.45, 7) is 1.99. The molecule has 21 heavy (non-hydrogen) atoms. The maximum atomic E-state index is 6.26. The number of nitrogens with zero attached hydrogens (tertiary/aromatic N) is 1. The van der Waals surface area contributed by atoms with E-state index in [1.54, 1.807) is 6.20 Å². The summed E-state index contributed by atoms with van der Waals surface area (Å²) >= 11 is 0. The van der Waals surface area contributed by atoms with Gasteiger partial charge in [-0.3, -0.25) is 4.98 Å². The maximum absolute atomic E-state index is 6.26. The van der Waals surface area contributed by atoms with Gasteiger partial charge in [-0.05, 0) is 30.7 Å². The van der Waals surface area contributed by atoms with Crippen LogP contribution in [0.15, 0.2) is 66.9 Å². The van der Waals surface area contributed by atoms with Crippen LogP contribution < -0.4 is 10.5 Å². The third kappa shape index (κ3) is 3.03. The fourth-order valence-corrected chi connectivity index (χ4v) is 2.35. The number of ether oxygens (including phenoxy) is 1. The Morgan fingerprint density at radius 2 is 1.81 bits per heavy atom. The van der Waals surface area contributed by atoms with E-state index in [0.29, 0.717) is 0 Å². The van der Waals surface area contributed by atoms with Crippen molar-refractivity contribution >= 4 is 10.9 Å². The molecule has 0 saturated heterocycles. The first-order valence-electron chi connectivity index (χ1n) is 7.06. The number of rotatable bonds is 4. The summed E-state index contributed by atoms with van der Waals surface area (Å²) in [5.74, 6) is 0.792. The van der Waals surface area contributed by atoms with Crippen molar-refractivity contribution in [1.29, 1.82) is 0 Å². The minimum atomic E-state index is -0.161. The average Bonchev–Trinajstić information content (AvgIpc) is 2.55. The lowest BCUT2D eigenvalue weighted by molar-refractivity contribution is 0.191. The summed E-state index contributed by atoms with van der Waals surface area (Å²) in [4.78, 5) is 4.34. The van der Waals surface area contributed by atoms with Crippen molar-refractivity contribution in [1.82, 2.24) is 4.98 Å². The number of hydrogen-bond acceptors (Lipinski definition) is 3. The highest BCUT2D eigenvalue weighted by molar-refractivity contribution is 5.79. The van der Waals surface area contributed by atoms with Crippen molar-refractivity contribution in [2.45, 2.75) is 19.1 Å². The number of pyridine rings is 1. The molecule has 1 heterocycles. The van der Waals surface area contributed by atoms with Gasteiger partial charge in [0.1, 0.15) is 11.9 Å². The van der Waals surface area contributed by atoms with E-state index in [2.05, 4.69) is 4.98 Å². The molecule has 3 rings (SSSR count). The Balaban J connectivity index is 1.78. The number of fused-ring (bicyclic) bond motifs is 1. The number of hydrogen-bond donors (Lipinski definition) is 1. The van der Waals surface area contributed by atoms with E-state index in [9.17, 15) is 0 Å². The molecule has 1 aromatic heterocycles. The molecule has 2 atom stereocenters. The predicted molar refractivity (Wildman–Crippen MR) is 85.2 cm³/mol. The van der Waals surface area contributed by atoms with Gasteiger partial charge in [-0.15, -0.1) is 0 Å². The molecule has 0 amide bonds. The normalized spacial score (nSPS) is 13.8. The van der Waals surface area contributed by atoms with E-state index in [0.717, 1.165) is 22.2 Å². The molecule has 0 fully saturated rings. The molecular weight excluding hydrogens is 260 g/mol. The molecule has 2 unspecified atom stereocenters. The molecule has 0 bridgehead atoms. The van der Waals surface area contributed by atoms with Crippen LogP contribution in [0.5, 0.6) is 5.75 Å². The Morgan fingerprint density at radius 1 is 1.00 bits per heavy atom. The van der Waals surface area contributed by atoms with E-state index < -0.39 is 0 Å². The van der Waals surface area contributed by atoms with Crippen LogP contribution in [0, 0.1) is 0 Å². The molecule has 0 aliphatic carbocycles. The van der Waals surface area contributed by atoms with Crippen molar-refractivity contribution in [2.75, 3.05) is 0 Å². The largest absolute Gasteiger partial charge is 0.489 e. The first kappa shape index (κ1) is 13.6. The fraction of sp³-hybridized carbons (Fsp3) is 0.167. The smallest absolute Gasteiger partial charge is 0.122 e. The minimum absolute atomic E-state index is 0.117. The second kappa shape index (κ2) is 5.94. The van der Waals surface area contributed by atoms with Crippen molar-refractivity contribution in [3.05, 3.63) is 72.4 Å². The van der Waals surface area contributed by atoms with Crippen LogP contribution in [-0.2, 0) is 0 Å². The van der Waals surface area contributed by atoms with E-state index in [1.165, 1.54) is 0 Å². The lowest BCUT2D eigenvalue weighted by Gasteiger charge is -2.22. The Hall–Kier alpha value is -2.39. The van der Waals surface area contributed by atoms with Crippen LogP contribution in [0.3, 0.4) is 0 Å². The van der Waals surface area contributed by atoms with Crippen LogP contribution in [-0.4, -0.2) is 11.1 Å². The van der Waals surface area contributed by atoms with E-state index in [-0.39, 0.29) is 12.1 Å². The Bertz CT molecular complexity index is 727. The molecule has 0 radical (unpaired) electrons. The second-order valence-electron chi connectivity index (χ2n) is 5.12. The monoisotopic (exact) mass is 278 g/mol. The zero-order valence-corrected chi connectivity index (χ0v) is 11.9. The quantitative estimate of drug-likeness (QED) is 0.791. The second-order valence-corrected chi connectivity index (χ2v) is 5.12. The van der Waals surface area contributed by atoms with Gasteiger partial charge >= 0.3 is 0 Å². The van der Waals surface area contributed by atoms with Gasteiger partial charge in [0.05, 0.1) is 11.6 Å². The Kier molecular flexibility index (Phi) is 3.84. The number of nitrogens with two attached hydrogens (primary N) is 1. The maximum Gasteiger partial charge on any atom is 0.122 e. The fourth-order valence-electron chi connectivity index (χ4n) is 2.35. The molecule has 3 heteroatoms. The molecule has 106 valence electrons. The summed E-state index contributed by atoms with van der Waals surface area (Å²) in [5, 5.41) is 1.10. The zero-order chi connectivity index (χ0) is 14.7. The van der Waals surface area contributed by atoms with Gasteiger partial charge in [0.2, 0.25) is 0 Å². The molecule has 3 aromatic rings. The van der Waals surface area contributed by atoms with Crippen LogP contribution in [0.1, 0.15) is 18.5 Å². The van der Waals surface area contributed by atoms with Gasteiger partial charge in [0.15, 0.2) is 0 Å². The summed E-state index contributed by atoms with van der Waals surface area (Å²) in [6.07, 6.45) is 1.67. The van der Waals surface area contributed by atoms with Gasteiger partial charge in [-0.25, -0.2) is 0 Å². The van der Waals surface area contributed by atoms with Crippen LogP contribution >= 0.6 is 0 Å². The highest BCUT2D eigenvalue weighted by atomic mass is 16.5. The summed E-state index contributed by atoms with van der Waals surface area (Å²) in [5.41, 5.74) is 8.26. The highest BCUT2D eigenvalue weighted by Gasteiger charge is 2.16.